The standard InChI is InChI=1S/C21H22N4O2/c22-15-18(21(26)25-7-3-4-8-25)14-17-13-16-5-1-2-6-19(16)23-20(17)24-9-11-27-12-10-24/h1-2,5-6,13-14H,3-4,7-12H2. The molecular formula is C21H22N4O2. The summed E-state index contributed by atoms with van der Waals surface area (Å²) in [6.07, 6.45) is 3.70. The monoisotopic (exact) mass is 362 g/mol. The maximum absolute atomic E-state index is 12.7. The normalized spacial score (nSPS) is 18.0. The van der Waals surface area contributed by atoms with E-state index in [9.17, 15) is 10.1 Å². The van der Waals surface area contributed by atoms with Crippen LogP contribution in [0.25, 0.3) is 17.0 Å². The van der Waals surface area contributed by atoms with Crippen LogP contribution in [0.2, 0.25) is 0 Å². The number of fused-ring (bicyclic) bond motifs is 1. The minimum atomic E-state index is -0.184. The average molecular weight is 362 g/mol. The molecule has 1 amide bonds. The van der Waals surface area contributed by atoms with Gasteiger partial charge in [0, 0.05) is 37.1 Å². The predicted octanol–water partition coefficient (Wildman–Crippen LogP) is 2.60. The van der Waals surface area contributed by atoms with Gasteiger partial charge in [-0.2, -0.15) is 5.26 Å². The van der Waals surface area contributed by atoms with Crippen molar-refractivity contribution >= 4 is 28.7 Å². The lowest BCUT2D eigenvalue weighted by Crippen LogP contribution is -2.37. The van der Waals surface area contributed by atoms with Gasteiger partial charge < -0.3 is 14.5 Å². The van der Waals surface area contributed by atoms with Crippen LogP contribution in [0.3, 0.4) is 0 Å². The Hall–Kier alpha value is -2.91. The van der Waals surface area contributed by atoms with Crippen LogP contribution in [0.4, 0.5) is 5.82 Å². The number of benzene rings is 1. The van der Waals surface area contributed by atoms with Gasteiger partial charge in [-0.25, -0.2) is 4.98 Å². The van der Waals surface area contributed by atoms with Crippen LogP contribution < -0.4 is 4.90 Å². The highest BCUT2D eigenvalue weighted by atomic mass is 16.5. The first-order valence-electron chi connectivity index (χ1n) is 9.40. The molecule has 1 aromatic heterocycles. The largest absolute Gasteiger partial charge is 0.378 e. The van der Waals surface area contributed by atoms with E-state index >= 15 is 0 Å². The zero-order valence-electron chi connectivity index (χ0n) is 15.2. The number of hydrogen-bond donors (Lipinski definition) is 0. The van der Waals surface area contributed by atoms with E-state index in [4.69, 9.17) is 9.72 Å². The third kappa shape index (κ3) is 3.64. The van der Waals surface area contributed by atoms with E-state index in [1.807, 2.05) is 30.3 Å². The van der Waals surface area contributed by atoms with Crippen molar-refractivity contribution in [2.75, 3.05) is 44.3 Å². The number of morpholine rings is 1. The quantitative estimate of drug-likeness (QED) is 0.620. The van der Waals surface area contributed by atoms with Crippen molar-refractivity contribution in [3.63, 3.8) is 0 Å². The van der Waals surface area contributed by atoms with E-state index in [-0.39, 0.29) is 11.5 Å². The highest BCUT2D eigenvalue weighted by Gasteiger charge is 2.23. The molecule has 0 atom stereocenters. The lowest BCUT2D eigenvalue weighted by atomic mass is 10.1. The van der Waals surface area contributed by atoms with Gasteiger partial charge in [0.05, 0.1) is 18.7 Å². The van der Waals surface area contributed by atoms with Crippen molar-refractivity contribution in [3.05, 3.63) is 41.5 Å². The average Bonchev–Trinajstić information content (AvgIpc) is 3.26. The van der Waals surface area contributed by atoms with Crippen LogP contribution in [0.1, 0.15) is 18.4 Å². The number of carbonyl (C=O) groups excluding carboxylic acids is 1. The first kappa shape index (κ1) is 17.5. The summed E-state index contributed by atoms with van der Waals surface area (Å²) < 4.78 is 5.46. The Morgan fingerprint density at radius 2 is 1.89 bits per heavy atom. The second-order valence-corrected chi connectivity index (χ2v) is 6.86. The summed E-state index contributed by atoms with van der Waals surface area (Å²) in [5.41, 5.74) is 1.88. The van der Waals surface area contributed by atoms with E-state index < -0.39 is 0 Å². The van der Waals surface area contributed by atoms with Crippen LogP contribution in [0, 0.1) is 11.3 Å². The molecule has 0 N–H and O–H groups in total. The van der Waals surface area contributed by atoms with Gasteiger partial charge in [-0.1, -0.05) is 18.2 Å². The molecule has 138 valence electrons. The molecule has 6 nitrogen and oxygen atoms in total. The number of anilines is 1. The summed E-state index contributed by atoms with van der Waals surface area (Å²) in [5.74, 6) is 0.620. The number of nitriles is 1. The van der Waals surface area contributed by atoms with Crippen molar-refractivity contribution in [1.82, 2.24) is 9.88 Å². The zero-order chi connectivity index (χ0) is 18.6. The number of nitrogens with zero attached hydrogens (tertiary/aromatic N) is 4. The molecule has 2 aliphatic rings. The number of aromatic nitrogens is 1. The molecule has 2 fully saturated rings. The molecule has 0 aliphatic carbocycles. The first-order chi connectivity index (χ1) is 13.3. The molecule has 1 aromatic carbocycles. The van der Waals surface area contributed by atoms with Crippen molar-refractivity contribution in [2.45, 2.75) is 12.8 Å². The molecule has 4 rings (SSSR count). The molecule has 0 unspecified atom stereocenters. The number of carbonyl (C=O) groups is 1. The number of amides is 1. The predicted molar refractivity (Wildman–Crippen MR) is 104 cm³/mol. The summed E-state index contributed by atoms with van der Waals surface area (Å²) in [5, 5.41) is 10.6. The summed E-state index contributed by atoms with van der Waals surface area (Å²) in [7, 11) is 0. The van der Waals surface area contributed by atoms with Gasteiger partial charge in [0.25, 0.3) is 5.91 Å². The highest BCUT2D eigenvalue weighted by molar-refractivity contribution is 6.03. The van der Waals surface area contributed by atoms with Gasteiger partial charge in [0.15, 0.2) is 0 Å². The van der Waals surface area contributed by atoms with Crippen molar-refractivity contribution < 1.29 is 9.53 Å². The smallest absolute Gasteiger partial charge is 0.264 e. The Bertz CT molecular complexity index is 919. The third-order valence-corrected chi connectivity index (χ3v) is 5.09. The second kappa shape index (κ2) is 7.77. The number of likely N-dealkylation sites (tertiary alicyclic amines) is 1. The summed E-state index contributed by atoms with van der Waals surface area (Å²) in [4.78, 5) is 21.5. The SMILES string of the molecule is N#CC(=Cc1cc2ccccc2nc1N1CCOCC1)C(=O)N1CCCC1. The van der Waals surface area contributed by atoms with Crippen molar-refractivity contribution in [1.29, 1.82) is 5.26 Å². The molecule has 2 aliphatic heterocycles. The highest BCUT2D eigenvalue weighted by Crippen LogP contribution is 2.27. The lowest BCUT2D eigenvalue weighted by molar-refractivity contribution is -0.125. The molecule has 6 heteroatoms. The van der Waals surface area contributed by atoms with Crippen LogP contribution >= 0.6 is 0 Å². The molecule has 0 spiro atoms. The van der Waals surface area contributed by atoms with E-state index in [2.05, 4.69) is 11.0 Å². The zero-order valence-corrected chi connectivity index (χ0v) is 15.2. The molecule has 27 heavy (non-hydrogen) atoms. The third-order valence-electron chi connectivity index (χ3n) is 5.09. The van der Waals surface area contributed by atoms with E-state index in [0.29, 0.717) is 13.2 Å². The number of para-hydroxylation sites is 1. The van der Waals surface area contributed by atoms with Crippen molar-refractivity contribution in [3.8, 4) is 6.07 Å². The van der Waals surface area contributed by atoms with Gasteiger partial charge in [-0.15, -0.1) is 0 Å². The Balaban J connectivity index is 1.78. The van der Waals surface area contributed by atoms with Gasteiger partial charge >= 0.3 is 0 Å². The first-order valence-corrected chi connectivity index (χ1v) is 9.40. The lowest BCUT2D eigenvalue weighted by Gasteiger charge is -2.29. The van der Waals surface area contributed by atoms with Crippen LogP contribution in [-0.4, -0.2) is 55.2 Å². The molecule has 2 aromatic rings. The molecular weight excluding hydrogens is 340 g/mol. The van der Waals surface area contributed by atoms with Gasteiger partial charge in [-0.3, -0.25) is 4.79 Å². The topological polar surface area (TPSA) is 69.5 Å². The van der Waals surface area contributed by atoms with Gasteiger partial charge in [0.2, 0.25) is 0 Å². The Kier molecular flexibility index (Phi) is 5.03. The Labute approximate surface area is 158 Å². The molecule has 0 radical (unpaired) electrons. The maximum atomic E-state index is 12.7. The molecule has 0 bridgehead atoms. The van der Waals surface area contributed by atoms with Gasteiger partial charge in [-0.05, 0) is 31.1 Å². The summed E-state index contributed by atoms with van der Waals surface area (Å²) >= 11 is 0. The molecule has 0 saturated carbocycles. The summed E-state index contributed by atoms with van der Waals surface area (Å²) in [6, 6.07) is 12.0. The fourth-order valence-electron chi connectivity index (χ4n) is 3.64. The van der Waals surface area contributed by atoms with Gasteiger partial charge in [0.1, 0.15) is 17.5 Å². The fraction of sp³-hybridized carbons (Fsp3) is 0.381. The minimum Gasteiger partial charge on any atom is -0.378 e. The molecule has 2 saturated heterocycles. The van der Waals surface area contributed by atoms with Crippen LogP contribution in [0.5, 0.6) is 0 Å². The van der Waals surface area contributed by atoms with E-state index in [1.165, 1.54) is 0 Å². The Morgan fingerprint density at radius 3 is 2.63 bits per heavy atom. The van der Waals surface area contributed by atoms with E-state index in [1.54, 1.807) is 11.0 Å². The minimum absolute atomic E-state index is 0.170. The number of ether oxygens (including phenoxy) is 1. The maximum Gasteiger partial charge on any atom is 0.264 e. The second-order valence-electron chi connectivity index (χ2n) is 6.86. The molecule has 3 heterocycles. The van der Waals surface area contributed by atoms with Crippen LogP contribution in [-0.2, 0) is 9.53 Å². The van der Waals surface area contributed by atoms with Crippen LogP contribution in [0.15, 0.2) is 35.9 Å². The number of hydrogen-bond acceptors (Lipinski definition) is 5. The Morgan fingerprint density at radius 1 is 1.15 bits per heavy atom. The fourth-order valence-corrected chi connectivity index (χ4v) is 3.64. The van der Waals surface area contributed by atoms with E-state index in [0.717, 1.165) is 61.3 Å². The number of rotatable bonds is 3. The summed E-state index contributed by atoms with van der Waals surface area (Å²) in [6.45, 7) is 4.24. The number of pyridine rings is 1. The van der Waals surface area contributed by atoms with Crippen molar-refractivity contribution in [2.24, 2.45) is 0 Å².